The Morgan fingerprint density at radius 2 is 2.27 bits per heavy atom. The van der Waals surface area contributed by atoms with E-state index in [0.29, 0.717) is 13.1 Å². The highest BCUT2D eigenvalue weighted by Crippen LogP contribution is 2.17. The molecule has 0 bridgehead atoms. The van der Waals surface area contributed by atoms with E-state index in [-0.39, 0.29) is 17.9 Å². The Morgan fingerprint density at radius 3 is 2.80 bits per heavy atom. The van der Waals surface area contributed by atoms with Crippen molar-refractivity contribution in [3.63, 3.8) is 0 Å². The Hall–Kier alpha value is -1.10. The average Bonchev–Trinajstić information content (AvgIpc) is 2.65. The molecule has 1 aliphatic rings. The highest BCUT2D eigenvalue weighted by Gasteiger charge is 2.34. The molecular formula is C10H19N3O2. The average molecular weight is 213 g/mol. The largest absolute Gasteiger partial charge is 0.355 e. The monoisotopic (exact) mass is 213 g/mol. The van der Waals surface area contributed by atoms with Gasteiger partial charge in [-0.3, -0.25) is 9.59 Å². The van der Waals surface area contributed by atoms with Crippen LogP contribution in [0.5, 0.6) is 0 Å². The molecule has 0 aromatic rings. The number of amides is 2. The molecule has 0 aromatic heterocycles. The molecular weight excluding hydrogens is 194 g/mol. The van der Waals surface area contributed by atoms with Gasteiger partial charge in [0.2, 0.25) is 11.8 Å². The summed E-state index contributed by atoms with van der Waals surface area (Å²) in [6.07, 6.45) is 1.62. The zero-order valence-corrected chi connectivity index (χ0v) is 9.32. The van der Waals surface area contributed by atoms with Gasteiger partial charge >= 0.3 is 0 Å². The third-order valence-electron chi connectivity index (χ3n) is 2.58. The number of likely N-dealkylation sites (N-methyl/N-ethyl adjacent to an activating group) is 1. The normalized spacial score (nSPS) is 22.6. The number of nitrogens with two attached hydrogens (primary N) is 1. The fraction of sp³-hybridized carbons (Fsp3) is 0.800. The molecule has 2 unspecified atom stereocenters. The van der Waals surface area contributed by atoms with E-state index >= 15 is 0 Å². The summed E-state index contributed by atoms with van der Waals surface area (Å²) in [5.74, 6) is -0.201. The Balaban J connectivity index is 2.64. The highest BCUT2D eigenvalue weighted by molar-refractivity contribution is 5.90. The third-order valence-corrected chi connectivity index (χ3v) is 2.58. The summed E-state index contributed by atoms with van der Waals surface area (Å²) < 4.78 is 0. The van der Waals surface area contributed by atoms with Crippen LogP contribution in [0.1, 0.15) is 26.7 Å². The van der Waals surface area contributed by atoms with Crippen molar-refractivity contribution >= 4 is 11.8 Å². The second kappa shape index (κ2) is 5.11. The number of carbonyl (C=O) groups excluding carboxylic acids is 2. The molecule has 1 aliphatic heterocycles. The van der Waals surface area contributed by atoms with E-state index in [1.807, 2.05) is 6.92 Å². The van der Waals surface area contributed by atoms with E-state index in [2.05, 4.69) is 5.32 Å². The zero-order valence-electron chi connectivity index (χ0n) is 9.32. The summed E-state index contributed by atoms with van der Waals surface area (Å²) >= 11 is 0. The van der Waals surface area contributed by atoms with Gasteiger partial charge in [0.1, 0.15) is 6.04 Å². The van der Waals surface area contributed by atoms with Crippen molar-refractivity contribution in [3.8, 4) is 0 Å². The molecule has 3 N–H and O–H groups in total. The van der Waals surface area contributed by atoms with Crippen molar-refractivity contribution in [1.82, 2.24) is 10.2 Å². The summed E-state index contributed by atoms with van der Waals surface area (Å²) in [7, 11) is 0. The maximum Gasteiger partial charge on any atom is 0.242 e. The number of hydrogen-bond donors (Lipinski definition) is 2. The van der Waals surface area contributed by atoms with Crippen molar-refractivity contribution < 1.29 is 9.59 Å². The lowest BCUT2D eigenvalue weighted by molar-refractivity contribution is -0.139. The molecule has 0 spiro atoms. The molecule has 2 amide bonds. The molecule has 0 saturated carbocycles. The van der Waals surface area contributed by atoms with Crippen LogP contribution in [0.4, 0.5) is 0 Å². The summed E-state index contributed by atoms with van der Waals surface area (Å²) in [6, 6.07) is -0.844. The van der Waals surface area contributed by atoms with Crippen LogP contribution in [0.3, 0.4) is 0 Å². The second-order valence-corrected chi connectivity index (χ2v) is 3.87. The molecule has 5 nitrogen and oxygen atoms in total. The number of nitrogens with zero attached hydrogens (tertiary/aromatic N) is 1. The van der Waals surface area contributed by atoms with Gasteiger partial charge in [0.15, 0.2) is 0 Å². The predicted molar refractivity (Wildman–Crippen MR) is 57.1 cm³/mol. The van der Waals surface area contributed by atoms with Crippen molar-refractivity contribution in [1.29, 1.82) is 0 Å². The van der Waals surface area contributed by atoms with E-state index in [9.17, 15) is 9.59 Å². The molecule has 1 fully saturated rings. The van der Waals surface area contributed by atoms with Crippen LogP contribution < -0.4 is 11.1 Å². The van der Waals surface area contributed by atoms with Gasteiger partial charge in [0.05, 0.1) is 6.04 Å². The maximum atomic E-state index is 11.7. The minimum absolute atomic E-state index is 0.0657. The van der Waals surface area contributed by atoms with E-state index < -0.39 is 6.04 Å². The number of nitrogens with one attached hydrogen (secondary N) is 1. The summed E-state index contributed by atoms with van der Waals surface area (Å²) in [4.78, 5) is 24.9. The van der Waals surface area contributed by atoms with Gasteiger partial charge < -0.3 is 16.0 Å². The molecule has 5 heteroatoms. The molecule has 0 aromatic carbocycles. The van der Waals surface area contributed by atoms with E-state index in [1.165, 1.54) is 0 Å². The fourth-order valence-electron chi connectivity index (χ4n) is 1.86. The Kier molecular flexibility index (Phi) is 4.08. The standard InChI is InChI=1S/C10H19N3O2/c1-3-12-9(14)8-5-4-6-13(8)10(15)7(2)11/h7-8H,3-6,11H2,1-2H3,(H,12,14). The van der Waals surface area contributed by atoms with Crippen molar-refractivity contribution in [2.75, 3.05) is 13.1 Å². The first-order valence-corrected chi connectivity index (χ1v) is 5.41. The Morgan fingerprint density at radius 1 is 1.60 bits per heavy atom. The second-order valence-electron chi connectivity index (χ2n) is 3.87. The lowest BCUT2D eigenvalue weighted by Crippen LogP contribution is -2.50. The lowest BCUT2D eigenvalue weighted by Gasteiger charge is -2.25. The van der Waals surface area contributed by atoms with Gasteiger partial charge in [0.25, 0.3) is 0 Å². The highest BCUT2D eigenvalue weighted by atomic mass is 16.2. The van der Waals surface area contributed by atoms with Gasteiger partial charge in [-0.05, 0) is 26.7 Å². The number of hydrogen-bond acceptors (Lipinski definition) is 3. The van der Waals surface area contributed by atoms with Gasteiger partial charge in [-0.15, -0.1) is 0 Å². The quantitative estimate of drug-likeness (QED) is 0.661. The van der Waals surface area contributed by atoms with Crippen molar-refractivity contribution in [3.05, 3.63) is 0 Å². The molecule has 1 rings (SSSR count). The molecule has 2 atom stereocenters. The van der Waals surface area contributed by atoms with Crippen molar-refractivity contribution in [2.45, 2.75) is 38.8 Å². The van der Waals surface area contributed by atoms with Gasteiger partial charge in [-0.1, -0.05) is 0 Å². The van der Waals surface area contributed by atoms with E-state index in [4.69, 9.17) is 5.73 Å². The lowest BCUT2D eigenvalue weighted by atomic mass is 10.2. The Bertz CT molecular complexity index is 253. The van der Waals surface area contributed by atoms with Crippen LogP contribution in [0, 0.1) is 0 Å². The number of carbonyl (C=O) groups is 2. The fourth-order valence-corrected chi connectivity index (χ4v) is 1.86. The first-order chi connectivity index (χ1) is 7.07. The summed E-state index contributed by atoms with van der Waals surface area (Å²) in [5, 5.41) is 2.74. The smallest absolute Gasteiger partial charge is 0.242 e. The van der Waals surface area contributed by atoms with Crippen LogP contribution in [0.25, 0.3) is 0 Å². The first-order valence-electron chi connectivity index (χ1n) is 5.41. The molecule has 86 valence electrons. The van der Waals surface area contributed by atoms with Gasteiger partial charge in [-0.2, -0.15) is 0 Å². The maximum absolute atomic E-state index is 11.7. The summed E-state index contributed by atoms with van der Waals surface area (Å²) in [5.41, 5.74) is 5.53. The number of likely N-dealkylation sites (tertiary alicyclic amines) is 1. The predicted octanol–water partition coefficient (Wildman–Crippen LogP) is -0.539. The molecule has 1 heterocycles. The van der Waals surface area contributed by atoms with Gasteiger partial charge in [-0.25, -0.2) is 0 Å². The van der Waals surface area contributed by atoms with E-state index in [1.54, 1.807) is 11.8 Å². The Labute approximate surface area is 90.0 Å². The van der Waals surface area contributed by atoms with Crippen LogP contribution in [0.15, 0.2) is 0 Å². The van der Waals surface area contributed by atoms with Crippen LogP contribution >= 0.6 is 0 Å². The molecule has 0 radical (unpaired) electrons. The summed E-state index contributed by atoms with van der Waals surface area (Å²) in [6.45, 7) is 4.75. The first kappa shape index (κ1) is 12.0. The van der Waals surface area contributed by atoms with Crippen molar-refractivity contribution in [2.24, 2.45) is 5.73 Å². The molecule has 0 aliphatic carbocycles. The van der Waals surface area contributed by atoms with Crippen LogP contribution in [-0.4, -0.2) is 41.9 Å². The zero-order chi connectivity index (χ0) is 11.4. The third kappa shape index (κ3) is 2.68. The minimum atomic E-state index is -0.528. The van der Waals surface area contributed by atoms with Gasteiger partial charge in [0, 0.05) is 13.1 Å². The SMILES string of the molecule is CCNC(=O)C1CCCN1C(=O)C(C)N. The van der Waals surface area contributed by atoms with Crippen LogP contribution in [-0.2, 0) is 9.59 Å². The van der Waals surface area contributed by atoms with Crippen LogP contribution in [0.2, 0.25) is 0 Å². The minimum Gasteiger partial charge on any atom is -0.355 e. The number of rotatable bonds is 3. The molecule has 15 heavy (non-hydrogen) atoms. The molecule has 1 saturated heterocycles. The topological polar surface area (TPSA) is 75.4 Å². The van der Waals surface area contributed by atoms with E-state index in [0.717, 1.165) is 12.8 Å².